The van der Waals surface area contributed by atoms with Crippen LogP contribution in [0.5, 0.6) is 0 Å². The van der Waals surface area contributed by atoms with Crippen LogP contribution < -0.4 is 10.6 Å². The lowest BCUT2D eigenvalue weighted by molar-refractivity contribution is 0.172. The second kappa shape index (κ2) is 7.80. The second-order valence-corrected chi connectivity index (χ2v) is 6.73. The van der Waals surface area contributed by atoms with Gasteiger partial charge in [0.15, 0.2) is 0 Å². The molecule has 6 heteroatoms. The van der Waals surface area contributed by atoms with E-state index in [1.165, 1.54) is 12.1 Å². The van der Waals surface area contributed by atoms with Crippen LogP contribution in [-0.4, -0.2) is 17.7 Å². The van der Waals surface area contributed by atoms with Gasteiger partial charge in [-0.05, 0) is 44.5 Å². The quantitative estimate of drug-likeness (QED) is 0.627. The Morgan fingerprint density at radius 3 is 2.59 bits per heavy atom. The first-order valence-electron chi connectivity index (χ1n) is 8.82. The normalized spacial score (nSPS) is 13.4. The van der Waals surface area contributed by atoms with Crippen molar-refractivity contribution in [3.8, 4) is 0 Å². The van der Waals surface area contributed by atoms with Crippen LogP contribution in [-0.2, 0) is 0 Å². The number of carbonyl (C=O) groups is 1. The van der Waals surface area contributed by atoms with E-state index >= 15 is 0 Å². The smallest absolute Gasteiger partial charge is 0.315 e. The van der Waals surface area contributed by atoms with Gasteiger partial charge in [0, 0.05) is 17.5 Å². The number of fused-ring (bicyclic) bond motifs is 1. The van der Waals surface area contributed by atoms with E-state index in [9.17, 15) is 14.3 Å². The Kier molecular flexibility index (Phi) is 5.46. The average Bonchev–Trinajstić information content (AvgIpc) is 2.96. The highest BCUT2D eigenvalue weighted by molar-refractivity contribution is 5.82. The molecule has 1 aromatic heterocycles. The van der Waals surface area contributed by atoms with E-state index in [1.54, 1.807) is 13.0 Å². The lowest BCUT2D eigenvalue weighted by Gasteiger charge is -2.16. The number of aryl methyl sites for hydroxylation is 2. The molecule has 3 N–H and O–H groups in total. The van der Waals surface area contributed by atoms with E-state index in [0.717, 1.165) is 16.7 Å². The lowest BCUT2D eigenvalue weighted by atomic mass is 10.1. The van der Waals surface area contributed by atoms with Gasteiger partial charge in [-0.15, -0.1) is 0 Å². The summed E-state index contributed by atoms with van der Waals surface area (Å²) in [7, 11) is 0. The van der Waals surface area contributed by atoms with E-state index < -0.39 is 18.2 Å². The maximum atomic E-state index is 13.4. The predicted octanol–water partition coefficient (Wildman–Crippen LogP) is 4.28. The number of hydrogen-bond acceptors (Lipinski definition) is 3. The highest BCUT2D eigenvalue weighted by atomic mass is 19.1. The number of urea groups is 1. The molecule has 2 aromatic carbocycles. The summed E-state index contributed by atoms with van der Waals surface area (Å²) >= 11 is 0. The Morgan fingerprint density at radius 2 is 1.89 bits per heavy atom. The Bertz CT molecular complexity index is 950. The molecule has 0 fully saturated rings. The molecule has 0 aliphatic heterocycles. The average molecular weight is 370 g/mol. The molecule has 1 heterocycles. The molecule has 2 atom stereocenters. The van der Waals surface area contributed by atoms with Gasteiger partial charge in [0.25, 0.3) is 0 Å². The van der Waals surface area contributed by atoms with Crippen molar-refractivity contribution in [3.05, 3.63) is 70.7 Å². The topological polar surface area (TPSA) is 74.5 Å². The minimum absolute atomic E-state index is 0.0892. The number of amides is 2. The van der Waals surface area contributed by atoms with E-state index in [1.807, 2.05) is 38.1 Å². The van der Waals surface area contributed by atoms with E-state index in [-0.39, 0.29) is 12.4 Å². The SMILES string of the molecule is Cc1ccc(C(O)CNC(=O)NC(C)c2oc3ccc(F)cc3c2C)cc1. The molecule has 142 valence electrons. The van der Waals surface area contributed by atoms with Crippen LogP contribution in [0.4, 0.5) is 9.18 Å². The third-order valence-electron chi connectivity index (χ3n) is 4.59. The summed E-state index contributed by atoms with van der Waals surface area (Å²) < 4.78 is 19.2. The van der Waals surface area contributed by atoms with Crippen molar-refractivity contribution in [1.82, 2.24) is 10.6 Å². The third-order valence-corrected chi connectivity index (χ3v) is 4.59. The van der Waals surface area contributed by atoms with Crippen molar-refractivity contribution in [1.29, 1.82) is 0 Å². The third kappa shape index (κ3) is 4.28. The molecule has 3 rings (SSSR count). The van der Waals surface area contributed by atoms with Crippen molar-refractivity contribution in [2.75, 3.05) is 6.54 Å². The van der Waals surface area contributed by atoms with Gasteiger partial charge in [-0.2, -0.15) is 0 Å². The largest absolute Gasteiger partial charge is 0.459 e. The fourth-order valence-electron chi connectivity index (χ4n) is 3.03. The molecule has 0 aliphatic carbocycles. The fraction of sp³-hybridized carbons (Fsp3) is 0.286. The van der Waals surface area contributed by atoms with Gasteiger partial charge in [-0.25, -0.2) is 9.18 Å². The minimum Gasteiger partial charge on any atom is -0.459 e. The van der Waals surface area contributed by atoms with Crippen LogP contribution in [0, 0.1) is 19.7 Å². The summed E-state index contributed by atoms with van der Waals surface area (Å²) in [6.07, 6.45) is -0.789. The van der Waals surface area contributed by atoms with E-state index in [0.29, 0.717) is 16.7 Å². The molecule has 2 unspecified atom stereocenters. The maximum Gasteiger partial charge on any atom is 0.315 e. The van der Waals surface area contributed by atoms with Crippen LogP contribution in [0.1, 0.15) is 41.5 Å². The maximum absolute atomic E-state index is 13.4. The number of aliphatic hydroxyl groups excluding tert-OH is 1. The molecule has 0 spiro atoms. The van der Waals surface area contributed by atoms with Gasteiger partial charge < -0.3 is 20.2 Å². The van der Waals surface area contributed by atoms with Gasteiger partial charge in [-0.3, -0.25) is 0 Å². The van der Waals surface area contributed by atoms with Crippen molar-refractivity contribution < 1.29 is 18.7 Å². The van der Waals surface area contributed by atoms with Gasteiger partial charge in [0.05, 0.1) is 12.1 Å². The van der Waals surface area contributed by atoms with Crippen LogP contribution in [0.15, 0.2) is 46.9 Å². The highest BCUT2D eigenvalue weighted by Crippen LogP contribution is 2.29. The Morgan fingerprint density at radius 1 is 1.19 bits per heavy atom. The molecular weight excluding hydrogens is 347 g/mol. The van der Waals surface area contributed by atoms with Gasteiger partial charge in [0.1, 0.15) is 17.2 Å². The van der Waals surface area contributed by atoms with Crippen LogP contribution in [0.25, 0.3) is 11.0 Å². The first-order valence-corrected chi connectivity index (χ1v) is 8.82. The van der Waals surface area contributed by atoms with Crippen molar-refractivity contribution in [2.24, 2.45) is 0 Å². The molecule has 3 aromatic rings. The number of furan rings is 1. The predicted molar refractivity (Wildman–Crippen MR) is 102 cm³/mol. The number of hydrogen-bond donors (Lipinski definition) is 3. The zero-order valence-corrected chi connectivity index (χ0v) is 15.5. The Hall–Kier alpha value is -2.86. The molecule has 0 aliphatic rings. The monoisotopic (exact) mass is 370 g/mol. The molecule has 0 radical (unpaired) electrons. The first kappa shape index (κ1) is 18.9. The molecular formula is C21H23FN2O3. The second-order valence-electron chi connectivity index (χ2n) is 6.73. The van der Waals surface area contributed by atoms with Crippen LogP contribution in [0.2, 0.25) is 0 Å². The molecule has 27 heavy (non-hydrogen) atoms. The standard InChI is InChI=1S/C21H23FN2O3/c1-12-4-6-15(7-5-12)18(25)11-23-21(26)24-14(3)20-13(2)17-10-16(22)8-9-19(17)27-20/h4-10,14,18,25H,11H2,1-3H3,(H2,23,24,26). The number of nitrogens with one attached hydrogen (secondary N) is 2. The lowest BCUT2D eigenvalue weighted by Crippen LogP contribution is -2.39. The Labute approximate surface area is 157 Å². The number of halogens is 1. The molecule has 0 saturated carbocycles. The van der Waals surface area contributed by atoms with Gasteiger partial charge in [-0.1, -0.05) is 29.8 Å². The molecule has 2 amide bonds. The number of benzene rings is 2. The summed E-state index contributed by atoms with van der Waals surface area (Å²) in [6, 6.07) is 11.0. The van der Waals surface area contributed by atoms with Crippen molar-refractivity contribution in [3.63, 3.8) is 0 Å². The summed E-state index contributed by atoms with van der Waals surface area (Å²) in [4.78, 5) is 12.2. The number of carbonyl (C=O) groups excluding carboxylic acids is 1. The van der Waals surface area contributed by atoms with Crippen LogP contribution in [0.3, 0.4) is 0 Å². The van der Waals surface area contributed by atoms with Crippen molar-refractivity contribution in [2.45, 2.75) is 32.9 Å². The van der Waals surface area contributed by atoms with Gasteiger partial charge in [0.2, 0.25) is 0 Å². The summed E-state index contributed by atoms with van der Waals surface area (Å²) in [5.74, 6) is 0.242. The Balaban J connectivity index is 1.60. The highest BCUT2D eigenvalue weighted by Gasteiger charge is 2.19. The number of aliphatic hydroxyl groups is 1. The summed E-state index contributed by atoms with van der Waals surface area (Å²) in [6.45, 7) is 5.68. The van der Waals surface area contributed by atoms with Gasteiger partial charge >= 0.3 is 6.03 Å². The van der Waals surface area contributed by atoms with E-state index in [4.69, 9.17) is 4.42 Å². The zero-order valence-electron chi connectivity index (χ0n) is 15.5. The van der Waals surface area contributed by atoms with E-state index in [2.05, 4.69) is 10.6 Å². The molecule has 0 saturated heterocycles. The summed E-state index contributed by atoms with van der Waals surface area (Å²) in [5, 5.41) is 16.3. The van der Waals surface area contributed by atoms with Crippen LogP contribution >= 0.6 is 0 Å². The van der Waals surface area contributed by atoms with Crippen molar-refractivity contribution >= 4 is 17.0 Å². The fourth-order valence-corrected chi connectivity index (χ4v) is 3.03. The zero-order chi connectivity index (χ0) is 19.6. The minimum atomic E-state index is -0.789. The number of rotatable bonds is 5. The summed E-state index contributed by atoms with van der Waals surface area (Å²) in [5.41, 5.74) is 3.21. The molecule has 5 nitrogen and oxygen atoms in total. The first-order chi connectivity index (χ1) is 12.8. The molecule has 0 bridgehead atoms.